The zero-order valence-electron chi connectivity index (χ0n) is 13.2. The number of hydrogen-bond acceptors (Lipinski definition) is 4. The van der Waals surface area contributed by atoms with E-state index >= 15 is 0 Å². The van der Waals surface area contributed by atoms with E-state index in [1.54, 1.807) is 10.9 Å². The summed E-state index contributed by atoms with van der Waals surface area (Å²) < 4.78 is 6.98. The molecule has 6 nitrogen and oxygen atoms in total. The highest BCUT2D eigenvalue weighted by Gasteiger charge is 2.46. The molecule has 1 amide bonds. The van der Waals surface area contributed by atoms with Crippen LogP contribution in [-0.2, 0) is 16.8 Å². The second-order valence-electron chi connectivity index (χ2n) is 7.01. The van der Waals surface area contributed by atoms with Crippen molar-refractivity contribution < 1.29 is 9.53 Å². The molecule has 6 heteroatoms. The minimum Gasteiger partial charge on any atom is -0.380 e. The fourth-order valence-corrected chi connectivity index (χ4v) is 3.06. The summed E-state index contributed by atoms with van der Waals surface area (Å²) >= 11 is 0. The summed E-state index contributed by atoms with van der Waals surface area (Å²) in [5.41, 5.74) is 1.40. The lowest BCUT2D eigenvalue weighted by Crippen LogP contribution is -2.43. The van der Waals surface area contributed by atoms with E-state index in [1.165, 1.54) is 0 Å². The molecule has 0 spiro atoms. The summed E-state index contributed by atoms with van der Waals surface area (Å²) in [5, 5.41) is 11.2. The van der Waals surface area contributed by atoms with Gasteiger partial charge in [0.1, 0.15) is 0 Å². The fourth-order valence-electron chi connectivity index (χ4n) is 3.06. The van der Waals surface area contributed by atoms with Gasteiger partial charge in [0.05, 0.1) is 31.5 Å². The molecule has 1 aliphatic heterocycles. The average Bonchev–Trinajstić information content (AvgIpc) is 3.16. The van der Waals surface area contributed by atoms with Gasteiger partial charge in [0, 0.05) is 5.41 Å². The first-order valence-corrected chi connectivity index (χ1v) is 7.95. The SMILES string of the molecule is CC1(Cn2cc(C(=O)NC3(c4ccccc4)CC3)nn2)COC1. The predicted molar refractivity (Wildman–Crippen MR) is 83.8 cm³/mol. The van der Waals surface area contributed by atoms with Gasteiger partial charge >= 0.3 is 0 Å². The van der Waals surface area contributed by atoms with Crippen molar-refractivity contribution in [2.24, 2.45) is 5.41 Å². The zero-order chi connectivity index (χ0) is 15.9. The summed E-state index contributed by atoms with van der Waals surface area (Å²) in [6.07, 6.45) is 3.65. The van der Waals surface area contributed by atoms with Crippen molar-refractivity contribution in [3.8, 4) is 0 Å². The van der Waals surface area contributed by atoms with Gasteiger partial charge in [-0.05, 0) is 18.4 Å². The molecule has 1 saturated heterocycles. The number of rotatable bonds is 5. The van der Waals surface area contributed by atoms with E-state index in [2.05, 4.69) is 34.7 Å². The standard InChI is InChI=1S/C17H20N4O2/c1-16(11-23-12-16)10-21-9-14(19-20-21)15(22)18-17(7-8-17)13-5-3-2-4-6-13/h2-6,9H,7-8,10-12H2,1H3,(H,18,22). The van der Waals surface area contributed by atoms with E-state index in [-0.39, 0.29) is 16.9 Å². The Labute approximate surface area is 134 Å². The van der Waals surface area contributed by atoms with Crippen molar-refractivity contribution >= 4 is 5.91 Å². The van der Waals surface area contributed by atoms with Crippen LogP contribution in [0.2, 0.25) is 0 Å². The topological polar surface area (TPSA) is 69.0 Å². The van der Waals surface area contributed by atoms with Crippen LogP contribution >= 0.6 is 0 Å². The number of nitrogens with one attached hydrogen (secondary N) is 1. The van der Waals surface area contributed by atoms with Crippen molar-refractivity contribution in [2.75, 3.05) is 13.2 Å². The summed E-state index contributed by atoms with van der Waals surface area (Å²) in [6, 6.07) is 10.1. The van der Waals surface area contributed by atoms with E-state index in [0.717, 1.165) is 38.2 Å². The highest BCUT2D eigenvalue weighted by Crippen LogP contribution is 2.45. The van der Waals surface area contributed by atoms with E-state index in [0.29, 0.717) is 5.69 Å². The lowest BCUT2D eigenvalue weighted by atomic mass is 9.89. The number of benzene rings is 1. The van der Waals surface area contributed by atoms with Crippen LogP contribution in [0.25, 0.3) is 0 Å². The van der Waals surface area contributed by atoms with Crippen LogP contribution in [0.1, 0.15) is 35.8 Å². The van der Waals surface area contributed by atoms with Gasteiger partial charge in [-0.1, -0.05) is 42.5 Å². The molecule has 2 aliphatic rings. The molecule has 120 valence electrons. The molecule has 1 aliphatic carbocycles. The van der Waals surface area contributed by atoms with Gasteiger partial charge in [0.2, 0.25) is 0 Å². The molecule has 1 aromatic carbocycles. The van der Waals surface area contributed by atoms with E-state index in [9.17, 15) is 4.79 Å². The number of amides is 1. The maximum Gasteiger partial charge on any atom is 0.274 e. The highest BCUT2D eigenvalue weighted by atomic mass is 16.5. The molecular weight excluding hydrogens is 292 g/mol. The molecule has 0 atom stereocenters. The number of carbonyl (C=O) groups is 1. The average molecular weight is 312 g/mol. The van der Waals surface area contributed by atoms with Crippen molar-refractivity contribution in [1.29, 1.82) is 0 Å². The fraction of sp³-hybridized carbons (Fsp3) is 0.471. The molecule has 2 heterocycles. The van der Waals surface area contributed by atoms with Gasteiger partial charge in [-0.15, -0.1) is 5.10 Å². The largest absolute Gasteiger partial charge is 0.380 e. The first kappa shape index (κ1) is 14.4. The van der Waals surface area contributed by atoms with Crippen LogP contribution in [0.15, 0.2) is 36.5 Å². The Bertz CT molecular complexity index is 717. The Morgan fingerprint density at radius 3 is 2.65 bits per heavy atom. The lowest BCUT2D eigenvalue weighted by Gasteiger charge is -2.37. The first-order chi connectivity index (χ1) is 11.1. The van der Waals surface area contributed by atoms with Gasteiger partial charge < -0.3 is 10.1 Å². The van der Waals surface area contributed by atoms with Gasteiger partial charge in [-0.3, -0.25) is 9.48 Å². The molecule has 2 fully saturated rings. The third-order valence-electron chi connectivity index (χ3n) is 4.65. The monoisotopic (exact) mass is 312 g/mol. The summed E-state index contributed by atoms with van der Waals surface area (Å²) in [7, 11) is 0. The molecule has 0 bridgehead atoms. The third-order valence-corrected chi connectivity index (χ3v) is 4.65. The van der Waals surface area contributed by atoms with Crippen LogP contribution in [0.4, 0.5) is 0 Å². The second kappa shape index (κ2) is 5.16. The Hall–Kier alpha value is -2.21. The predicted octanol–water partition coefficient (Wildman–Crippen LogP) is 1.73. The summed E-state index contributed by atoms with van der Waals surface area (Å²) in [5.74, 6) is -0.160. The molecule has 0 unspecified atom stereocenters. The maximum atomic E-state index is 12.5. The molecule has 1 N–H and O–H groups in total. The van der Waals surface area contributed by atoms with Crippen LogP contribution in [0.5, 0.6) is 0 Å². The van der Waals surface area contributed by atoms with E-state index in [4.69, 9.17) is 4.74 Å². The minimum atomic E-state index is -0.226. The van der Waals surface area contributed by atoms with Crippen LogP contribution in [-0.4, -0.2) is 34.1 Å². The van der Waals surface area contributed by atoms with Gasteiger partial charge in [-0.2, -0.15) is 0 Å². The Balaban J connectivity index is 1.45. The van der Waals surface area contributed by atoms with Gasteiger partial charge in [-0.25, -0.2) is 0 Å². The molecule has 4 rings (SSSR count). The summed E-state index contributed by atoms with van der Waals surface area (Å²) in [4.78, 5) is 12.5. The quantitative estimate of drug-likeness (QED) is 0.913. The molecule has 1 saturated carbocycles. The lowest BCUT2D eigenvalue weighted by molar-refractivity contribution is -0.111. The Kier molecular flexibility index (Phi) is 3.23. The molecular formula is C17H20N4O2. The number of hydrogen-bond donors (Lipinski definition) is 1. The normalized spacial score (nSPS) is 20.6. The smallest absolute Gasteiger partial charge is 0.274 e. The highest BCUT2D eigenvalue weighted by molar-refractivity contribution is 5.92. The van der Waals surface area contributed by atoms with Gasteiger partial charge in [0.25, 0.3) is 5.91 Å². The summed E-state index contributed by atoms with van der Waals surface area (Å²) in [6.45, 7) is 4.32. The minimum absolute atomic E-state index is 0.100. The molecule has 2 aromatic rings. The molecule has 23 heavy (non-hydrogen) atoms. The number of carbonyl (C=O) groups excluding carboxylic acids is 1. The van der Waals surface area contributed by atoms with E-state index < -0.39 is 0 Å². The van der Waals surface area contributed by atoms with Gasteiger partial charge in [0.15, 0.2) is 5.69 Å². The van der Waals surface area contributed by atoms with Crippen molar-refractivity contribution in [2.45, 2.75) is 31.8 Å². The van der Waals surface area contributed by atoms with Crippen molar-refractivity contribution in [3.05, 3.63) is 47.8 Å². The van der Waals surface area contributed by atoms with E-state index in [1.807, 2.05) is 18.2 Å². The van der Waals surface area contributed by atoms with Crippen LogP contribution in [0.3, 0.4) is 0 Å². The van der Waals surface area contributed by atoms with Crippen molar-refractivity contribution in [3.63, 3.8) is 0 Å². The first-order valence-electron chi connectivity index (χ1n) is 7.95. The molecule has 0 radical (unpaired) electrons. The second-order valence-corrected chi connectivity index (χ2v) is 7.01. The van der Waals surface area contributed by atoms with Crippen LogP contribution in [0, 0.1) is 5.41 Å². The Morgan fingerprint density at radius 2 is 2.04 bits per heavy atom. The number of nitrogens with zero attached hydrogens (tertiary/aromatic N) is 3. The Morgan fingerprint density at radius 1 is 1.30 bits per heavy atom. The number of ether oxygens (including phenoxy) is 1. The molecule has 1 aromatic heterocycles. The maximum absolute atomic E-state index is 12.5. The van der Waals surface area contributed by atoms with Crippen LogP contribution < -0.4 is 5.32 Å². The van der Waals surface area contributed by atoms with Crippen molar-refractivity contribution in [1.82, 2.24) is 20.3 Å². The number of aromatic nitrogens is 3. The zero-order valence-corrected chi connectivity index (χ0v) is 13.2. The third kappa shape index (κ3) is 2.74.